The van der Waals surface area contributed by atoms with Crippen LogP contribution in [0.2, 0.25) is 0 Å². The van der Waals surface area contributed by atoms with E-state index in [9.17, 15) is 14.4 Å². The van der Waals surface area contributed by atoms with Crippen molar-refractivity contribution in [1.29, 1.82) is 0 Å². The van der Waals surface area contributed by atoms with Gasteiger partial charge in [0.2, 0.25) is 5.91 Å². The number of methoxy groups -OCH3 is 1. The molecule has 0 unspecified atom stereocenters. The van der Waals surface area contributed by atoms with Crippen LogP contribution in [-0.4, -0.2) is 37.2 Å². The fourth-order valence-electron chi connectivity index (χ4n) is 1.57. The standard InChI is InChI=1S/C15H19BrN2O5/c1-15(2,3)23-14(21)17-8-12(19)18-11-6-5-9(16)7-10(11)13(20)22-4/h5-7H,8H2,1-4H3,(H,17,21)(H,18,19). The molecule has 0 atom stereocenters. The molecule has 1 aromatic carbocycles. The van der Waals surface area contributed by atoms with Crippen LogP contribution in [-0.2, 0) is 14.3 Å². The Morgan fingerprint density at radius 3 is 2.43 bits per heavy atom. The van der Waals surface area contributed by atoms with E-state index in [4.69, 9.17) is 4.74 Å². The van der Waals surface area contributed by atoms with Crippen LogP contribution in [0.1, 0.15) is 31.1 Å². The van der Waals surface area contributed by atoms with Crippen LogP contribution in [0.25, 0.3) is 0 Å². The number of rotatable bonds is 4. The Bertz CT molecular complexity index is 610. The van der Waals surface area contributed by atoms with E-state index >= 15 is 0 Å². The fraction of sp³-hybridized carbons (Fsp3) is 0.400. The largest absolute Gasteiger partial charge is 0.465 e. The lowest BCUT2D eigenvalue weighted by Crippen LogP contribution is -2.37. The molecule has 0 bridgehead atoms. The summed E-state index contributed by atoms with van der Waals surface area (Å²) in [5.74, 6) is -1.08. The fourth-order valence-corrected chi connectivity index (χ4v) is 1.93. The zero-order chi connectivity index (χ0) is 17.6. The number of alkyl carbamates (subject to hydrolysis) is 1. The van der Waals surface area contributed by atoms with Gasteiger partial charge in [-0.05, 0) is 39.0 Å². The van der Waals surface area contributed by atoms with Crippen molar-refractivity contribution in [2.24, 2.45) is 0 Å². The Hall–Kier alpha value is -2.09. The highest BCUT2D eigenvalue weighted by molar-refractivity contribution is 9.10. The highest BCUT2D eigenvalue weighted by Gasteiger charge is 2.18. The third kappa shape index (κ3) is 6.68. The quantitative estimate of drug-likeness (QED) is 0.775. The summed E-state index contributed by atoms with van der Waals surface area (Å²) >= 11 is 3.24. The van der Waals surface area contributed by atoms with Gasteiger partial charge in [-0.1, -0.05) is 15.9 Å². The Balaban J connectivity index is 2.68. The predicted octanol–water partition coefficient (Wildman–Crippen LogP) is 2.70. The summed E-state index contributed by atoms with van der Waals surface area (Å²) in [6.45, 7) is 4.87. The Morgan fingerprint density at radius 2 is 1.87 bits per heavy atom. The van der Waals surface area contributed by atoms with E-state index in [0.29, 0.717) is 4.47 Å². The smallest absolute Gasteiger partial charge is 0.408 e. The number of esters is 1. The van der Waals surface area contributed by atoms with Crippen molar-refractivity contribution in [2.45, 2.75) is 26.4 Å². The van der Waals surface area contributed by atoms with E-state index in [2.05, 4.69) is 31.3 Å². The van der Waals surface area contributed by atoms with Gasteiger partial charge in [0.15, 0.2) is 0 Å². The Morgan fingerprint density at radius 1 is 1.22 bits per heavy atom. The number of halogens is 1. The van der Waals surface area contributed by atoms with Crippen LogP contribution in [0.3, 0.4) is 0 Å². The molecule has 23 heavy (non-hydrogen) atoms. The molecule has 2 amide bonds. The molecule has 0 aliphatic rings. The monoisotopic (exact) mass is 386 g/mol. The molecule has 1 rings (SSSR count). The topological polar surface area (TPSA) is 93.7 Å². The Labute approximate surface area is 142 Å². The van der Waals surface area contributed by atoms with Gasteiger partial charge >= 0.3 is 12.1 Å². The molecule has 0 aromatic heterocycles. The van der Waals surface area contributed by atoms with E-state index in [1.54, 1.807) is 32.9 Å². The summed E-state index contributed by atoms with van der Waals surface area (Å²) < 4.78 is 10.4. The first-order chi connectivity index (χ1) is 10.6. The summed E-state index contributed by atoms with van der Waals surface area (Å²) in [4.78, 5) is 35.1. The molecule has 0 radical (unpaired) electrons. The first kappa shape index (κ1) is 19.0. The molecule has 0 spiro atoms. The molecule has 7 nitrogen and oxygen atoms in total. The van der Waals surface area contributed by atoms with Crippen molar-refractivity contribution in [3.05, 3.63) is 28.2 Å². The zero-order valence-corrected chi connectivity index (χ0v) is 14.9. The van der Waals surface area contributed by atoms with Crippen LogP contribution in [0, 0.1) is 0 Å². The lowest BCUT2D eigenvalue weighted by molar-refractivity contribution is -0.115. The number of nitrogens with one attached hydrogen (secondary N) is 2. The van der Waals surface area contributed by atoms with Crippen LogP contribution in [0.15, 0.2) is 22.7 Å². The second kappa shape index (κ2) is 7.96. The lowest BCUT2D eigenvalue weighted by atomic mass is 10.2. The molecule has 0 saturated carbocycles. The number of carbonyl (C=O) groups excluding carboxylic acids is 3. The molecule has 1 aromatic rings. The van der Waals surface area contributed by atoms with Crippen molar-refractivity contribution in [2.75, 3.05) is 19.0 Å². The SMILES string of the molecule is COC(=O)c1cc(Br)ccc1NC(=O)CNC(=O)OC(C)(C)C. The van der Waals surface area contributed by atoms with Crippen LogP contribution in [0.5, 0.6) is 0 Å². The molecule has 0 aliphatic heterocycles. The number of hydrogen-bond donors (Lipinski definition) is 2. The van der Waals surface area contributed by atoms with Crippen LogP contribution in [0.4, 0.5) is 10.5 Å². The molecular formula is C15H19BrN2O5. The van der Waals surface area contributed by atoms with Crippen molar-refractivity contribution in [3.8, 4) is 0 Å². The highest BCUT2D eigenvalue weighted by atomic mass is 79.9. The second-order valence-corrected chi connectivity index (χ2v) is 6.50. The van der Waals surface area contributed by atoms with Gasteiger partial charge in [0.1, 0.15) is 12.1 Å². The highest BCUT2D eigenvalue weighted by Crippen LogP contribution is 2.21. The average Bonchev–Trinajstić information content (AvgIpc) is 2.44. The number of hydrogen-bond acceptors (Lipinski definition) is 5. The van der Waals surface area contributed by atoms with Gasteiger partial charge in [0.25, 0.3) is 0 Å². The van der Waals surface area contributed by atoms with Gasteiger partial charge in [0.05, 0.1) is 18.4 Å². The van der Waals surface area contributed by atoms with E-state index in [0.717, 1.165) is 0 Å². The minimum Gasteiger partial charge on any atom is -0.465 e. The molecule has 0 aliphatic carbocycles. The van der Waals surface area contributed by atoms with Gasteiger partial charge in [-0.25, -0.2) is 9.59 Å². The van der Waals surface area contributed by atoms with Gasteiger partial charge in [-0.15, -0.1) is 0 Å². The maximum Gasteiger partial charge on any atom is 0.408 e. The summed E-state index contributed by atoms with van der Waals surface area (Å²) in [6.07, 6.45) is -0.698. The number of ether oxygens (including phenoxy) is 2. The predicted molar refractivity (Wildman–Crippen MR) is 88.3 cm³/mol. The first-order valence-electron chi connectivity index (χ1n) is 6.77. The molecule has 2 N–H and O–H groups in total. The molecule has 0 heterocycles. The number of amides is 2. The first-order valence-corrected chi connectivity index (χ1v) is 7.56. The Kier molecular flexibility index (Phi) is 6.56. The second-order valence-electron chi connectivity index (χ2n) is 5.59. The number of benzene rings is 1. The number of carbonyl (C=O) groups is 3. The minimum absolute atomic E-state index is 0.201. The van der Waals surface area contributed by atoms with Gasteiger partial charge < -0.3 is 20.1 Å². The maximum absolute atomic E-state index is 11.9. The summed E-state index contributed by atoms with van der Waals surface area (Å²) in [5, 5.41) is 4.87. The van der Waals surface area contributed by atoms with Crippen molar-refractivity contribution < 1.29 is 23.9 Å². The minimum atomic E-state index is -0.698. The molecule has 0 fully saturated rings. The van der Waals surface area contributed by atoms with Crippen molar-refractivity contribution >= 4 is 39.6 Å². The van der Waals surface area contributed by atoms with Crippen molar-refractivity contribution in [3.63, 3.8) is 0 Å². The maximum atomic E-state index is 11.9. The molecular weight excluding hydrogens is 368 g/mol. The van der Waals surface area contributed by atoms with Gasteiger partial charge in [-0.3, -0.25) is 4.79 Å². The normalized spacial score (nSPS) is 10.7. The average molecular weight is 387 g/mol. The third-order valence-corrected chi connectivity index (χ3v) is 2.95. The zero-order valence-electron chi connectivity index (χ0n) is 13.4. The van der Waals surface area contributed by atoms with Crippen LogP contribution < -0.4 is 10.6 Å². The van der Waals surface area contributed by atoms with E-state index in [1.807, 2.05) is 0 Å². The lowest BCUT2D eigenvalue weighted by Gasteiger charge is -2.19. The third-order valence-electron chi connectivity index (χ3n) is 2.45. The molecule has 126 valence electrons. The van der Waals surface area contributed by atoms with E-state index in [1.165, 1.54) is 13.2 Å². The molecule has 8 heteroatoms. The number of anilines is 1. The van der Waals surface area contributed by atoms with E-state index < -0.39 is 23.6 Å². The van der Waals surface area contributed by atoms with Gasteiger partial charge in [-0.2, -0.15) is 0 Å². The van der Waals surface area contributed by atoms with Crippen molar-refractivity contribution in [1.82, 2.24) is 5.32 Å². The van der Waals surface area contributed by atoms with E-state index in [-0.39, 0.29) is 17.8 Å². The summed E-state index contributed by atoms with van der Waals surface area (Å²) in [6, 6.07) is 4.76. The summed E-state index contributed by atoms with van der Waals surface area (Å²) in [5.41, 5.74) is -0.159. The molecule has 0 saturated heterocycles. The summed E-state index contributed by atoms with van der Waals surface area (Å²) in [7, 11) is 1.25. The van der Waals surface area contributed by atoms with Gasteiger partial charge in [0, 0.05) is 4.47 Å². The van der Waals surface area contributed by atoms with Crippen LogP contribution >= 0.6 is 15.9 Å².